The molecule has 9 heteroatoms. The van der Waals surface area contributed by atoms with E-state index < -0.39 is 0 Å². The smallest absolute Gasteiger partial charge is 0.188 e. The third kappa shape index (κ3) is 15.6. The lowest BCUT2D eigenvalue weighted by Gasteiger charge is -2.35. The second-order valence-electron chi connectivity index (χ2n) is 10.7. The van der Waals surface area contributed by atoms with Gasteiger partial charge < -0.3 is 25.2 Å². The minimum Gasteiger partial charge on any atom is -0.494 e. The lowest BCUT2D eigenvalue weighted by atomic mass is 9.89. The number of nitrogens with two attached hydrogens (primary N) is 1. The number of para-hydroxylation sites is 1. The Hall–Kier alpha value is -0.920. The van der Waals surface area contributed by atoms with Gasteiger partial charge in [0.1, 0.15) is 5.75 Å². The molecule has 0 bridgehead atoms. The van der Waals surface area contributed by atoms with Gasteiger partial charge in [0.25, 0.3) is 0 Å². The van der Waals surface area contributed by atoms with Gasteiger partial charge in [0.05, 0.1) is 6.61 Å². The van der Waals surface area contributed by atoms with Gasteiger partial charge in [-0.15, -0.1) is 37.2 Å². The zero-order valence-corrected chi connectivity index (χ0v) is 25.8. The Morgan fingerprint density at radius 2 is 1.34 bits per heavy atom. The fourth-order valence-corrected chi connectivity index (χ4v) is 5.54. The molecule has 2 fully saturated rings. The molecule has 0 atom stereocenters. The van der Waals surface area contributed by atoms with E-state index in [0.29, 0.717) is 0 Å². The number of hydrogen-bond acceptors (Lipinski definition) is 4. The number of benzene rings is 1. The summed E-state index contributed by atoms with van der Waals surface area (Å²) in [5.74, 6) is 2.00. The second-order valence-corrected chi connectivity index (χ2v) is 10.7. The van der Waals surface area contributed by atoms with E-state index in [1.807, 2.05) is 30.3 Å². The molecule has 1 heterocycles. The van der Waals surface area contributed by atoms with Crippen LogP contribution in [0, 0.1) is 11.3 Å². The molecule has 0 unspecified atom stereocenters. The summed E-state index contributed by atoms with van der Waals surface area (Å²) in [6.45, 7) is 10.1. The van der Waals surface area contributed by atoms with E-state index >= 15 is 0 Å². The molecule has 1 saturated heterocycles. The van der Waals surface area contributed by atoms with Crippen molar-refractivity contribution in [1.29, 1.82) is 5.41 Å². The molecule has 2 aliphatic rings. The van der Waals surface area contributed by atoms with Gasteiger partial charge in [0.15, 0.2) is 5.96 Å². The molecule has 1 aromatic rings. The van der Waals surface area contributed by atoms with Crippen LogP contribution < -0.4 is 10.5 Å². The number of nitrogens with zero attached hydrogens (tertiary/aromatic N) is 3. The van der Waals surface area contributed by atoms with Crippen LogP contribution in [0.5, 0.6) is 5.75 Å². The van der Waals surface area contributed by atoms with Gasteiger partial charge in [-0.25, -0.2) is 0 Å². The van der Waals surface area contributed by atoms with Gasteiger partial charge in [-0.3, -0.25) is 5.41 Å². The van der Waals surface area contributed by atoms with E-state index in [2.05, 4.69) is 14.7 Å². The molecular formula is C29H54Cl3N5O. The van der Waals surface area contributed by atoms with E-state index in [4.69, 9.17) is 15.9 Å². The number of nitrogens with one attached hydrogen (secondary N) is 1. The zero-order chi connectivity index (χ0) is 24.6. The Kier molecular flexibility index (Phi) is 22.3. The van der Waals surface area contributed by atoms with Crippen LogP contribution in [0.3, 0.4) is 0 Å². The number of unbranched alkanes of at least 4 members (excludes halogenated alkanes) is 5. The minimum absolute atomic E-state index is 0. The first-order valence-electron chi connectivity index (χ1n) is 14.4. The van der Waals surface area contributed by atoms with E-state index in [1.54, 1.807) is 0 Å². The van der Waals surface area contributed by atoms with Gasteiger partial charge in [0, 0.05) is 39.3 Å². The molecule has 1 aliphatic heterocycles. The summed E-state index contributed by atoms with van der Waals surface area (Å²) in [6.07, 6.45) is 15.5. The van der Waals surface area contributed by atoms with E-state index in [0.717, 1.165) is 44.2 Å². The van der Waals surface area contributed by atoms with Crippen LogP contribution in [0.4, 0.5) is 0 Å². The third-order valence-corrected chi connectivity index (χ3v) is 7.79. The summed E-state index contributed by atoms with van der Waals surface area (Å²) in [5.41, 5.74) is 5.88. The maximum absolute atomic E-state index is 7.95. The largest absolute Gasteiger partial charge is 0.494 e. The molecule has 0 spiro atoms. The summed E-state index contributed by atoms with van der Waals surface area (Å²) in [6, 6.07) is 10.1. The SMILES string of the molecule is Cl.Cl.Cl.N=C(N)N(CCCCN1CCN(CCCCCCCOc2ccccc2)CC1)CC1CCCCC1. The monoisotopic (exact) mass is 593 g/mol. The topological polar surface area (TPSA) is 68.8 Å². The summed E-state index contributed by atoms with van der Waals surface area (Å²) in [5, 5.41) is 7.95. The van der Waals surface area contributed by atoms with Crippen molar-refractivity contribution in [2.45, 2.75) is 77.0 Å². The van der Waals surface area contributed by atoms with Crippen molar-refractivity contribution in [3.8, 4) is 5.75 Å². The summed E-state index contributed by atoms with van der Waals surface area (Å²) in [4.78, 5) is 7.41. The molecule has 1 saturated carbocycles. The summed E-state index contributed by atoms with van der Waals surface area (Å²) < 4.78 is 5.78. The maximum atomic E-state index is 7.95. The average Bonchev–Trinajstić information content (AvgIpc) is 2.89. The van der Waals surface area contributed by atoms with Crippen LogP contribution >= 0.6 is 37.2 Å². The minimum atomic E-state index is 0. The Balaban J connectivity index is 0.00000456. The molecule has 6 nitrogen and oxygen atoms in total. The summed E-state index contributed by atoms with van der Waals surface area (Å²) in [7, 11) is 0. The van der Waals surface area contributed by atoms with Crippen LogP contribution in [0.1, 0.15) is 77.0 Å². The highest BCUT2D eigenvalue weighted by Crippen LogP contribution is 2.24. The third-order valence-electron chi connectivity index (χ3n) is 7.79. The summed E-state index contributed by atoms with van der Waals surface area (Å²) >= 11 is 0. The van der Waals surface area contributed by atoms with Gasteiger partial charge in [-0.05, 0) is 69.7 Å². The fraction of sp³-hybridized carbons (Fsp3) is 0.759. The van der Waals surface area contributed by atoms with Crippen molar-refractivity contribution in [2.24, 2.45) is 11.7 Å². The number of piperazine rings is 1. The first-order valence-corrected chi connectivity index (χ1v) is 14.4. The van der Waals surface area contributed by atoms with Gasteiger partial charge in [-0.1, -0.05) is 56.7 Å². The van der Waals surface area contributed by atoms with Gasteiger partial charge in [0.2, 0.25) is 0 Å². The van der Waals surface area contributed by atoms with Crippen molar-refractivity contribution in [1.82, 2.24) is 14.7 Å². The van der Waals surface area contributed by atoms with Crippen LogP contribution in [-0.2, 0) is 0 Å². The Morgan fingerprint density at radius 1 is 0.789 bits per heavy atom. The average molecular weight is 595 g/mol. The van der Waals surface area contributed by atoms with E-state index in [9.17, 15) is 0 Å². The number of hydrogen-bond donors (Lipinski definition) is 2. The molecule has 3 N–H and O–H groups in total. The molecule has 3 rings (SSSR count). The van der Waals surface area contributed by atoms with Crippen molar-refractivity contribution >= 4 is 43.2 Å². The van der Waals surface area contributed by atoms with Gasteiger partial charge >= 0.3 is 0 Å². The predicted molar refractivity (Wildman–Crippen MR) is 169 cm³/mol. The van der Waals surface area contributed by atoms with E-state index in [1.165, 1.54) is 103 Å². The van der Waals surface area contributed by atoms with Crippen molar-refractivity contribution < 1.29 is 4.74 Å². The molecule has 0 aromatic heterocycles. The highest BCUT2D eigenvalue weighted by Gasteiger charge is 2.19. The number of ether oxygens (including phenoxy) is 1. The van der Waals surface area contributed by atoms with Crippen LogP contribution in [0.15, 0.2) is 30.3 Å². The lowest BCUT2D eigenvalue weighted by Crippen LogP contribution is -2.47. The van der Waals surface area contributed by atoms with Crippen molar-refractivity contribution in [3.05, 3.63) is 30.3 Å². The Bertz CT molecular complexity index is 686. The fourth-order valence-electron chi connectivity index (χ4n) is 5.54. The molecule has 1 aliphatic carbocycles. The highest BCUT2D eigenvalue weighted by molar-refractivity contribution is 5.86. The number of guanidine groups is 1. The Labute approximate surface area is 251 Å². The highest BCUT2D eigenvalue weighted by atomic mass is 35.5. The molecule has 1 aromatic carbocycles. The standard InChI is InChI=1S/C29H51N5O.3ClH/c30-29(31)34(26-27-14-6-4-7-15-27)20-12-11-19-33-23-21-32(22-24-33)18-10-2-1-3-13-25-35-28-16-8-5-9-17-28;;;/h5,8-9,16-17,27H,1-4,6-7,10-15,18-26H2,(H3,30,31);3*1H. The van der Waals surface area contributed by atoms with Crippen molar-refractivity contribution in [3.63, 3.8) is 0 Å². The van der Waals surface area contributed by atoms with Crippen LogP contribution in [-0.4, -0.2) is 79.6 Å². The second kappa shape index (κ2) is 22.9. The van der Waals surface area contributed by atoms with Crippen LogP contribution in [0.25, 0.3) is 0 Å². The quantitative estimate of drug-likeness (QED) is 0.131. The Morgan fingerprint density at radius 3 is 1.95 bits per heavy atom. The molecule has 0 radical (unpaired) electrons. The maximum Gasteiger partial charge on any atom is 0.188 e. The first kappa shape index (κ1) is 37.1. The number of rotatable bonds is 16. The molecule has 38 heavy (non-hydrogen) atoms. The van der Waals surface area contributed by atoms with Crippen molar-refractivity contribution in [2.75, 3.05) is 59.0 Å². The van der Waals surface area contributed by atoms with Gasteiger partial charge in [-0.2, -0.15) is 0 Å². The normalized spacial score (nSPS) is 16.5. The first-order chi connectivity index (χ1) is 17.2. The van der Waals surface area contributed by atoms with E-state index in [-0.39, 0.29) is 43.2 Å². The molecule has 0 amide bonds. The lowest BCUT2D eigenvalue weighted by molar-refractivity contribution is 0.128. The molecular weight excluding hydrogens is 541 g/mol. The number of halogens is 3. The predicted octanol–water partition coefficient (Wildman–Crippen LogP) is 6.45. The van der Waals surface area contributed by atoms with Crippen LogP contribution in [0.2, 0.25) is 0 Å². The molecule has 222 valence electrons. The zero-order valence-electron chi connectivity index (χ0n) is 23.4.